The number of rotatable bonds is 4. The van der Waals surface area contributed by atoms with E-state index in [-0.39, 0.29) is 5.38 Å². The van der Waals surface area contributed by atoms with E-state index in [1.165, 1.54) is 25.0 Å². The lowest BCUT2D eigenvalue weighted by Gasteiger charge is -2.13. The van der Waals surface area contributed by atoms with Gasteiger partial charge in [0.15, 0.2) is 5.82 Å². The summed E-state index contributed by atoms with van der Waals surface area (Å²) in [6.45, 7) is 4.12. The molecule has 0 N–H and O–H groups in total. The molecule has 0 amide bonds. The Bertz CT molecular complexity index is 341. The van der Waals surface area contributed by atoms with Crippen LogP contribution < -0.4 is 0 Å². The van der Waals surface area contributed by atoms with Crippen LogP contribution in [0.1, 0.15) is 50.4 Å². The van der Waals surface area contributed by atoms with Crippen LogP contribution in [0.15, 0.2) is 0 Å². The van der Waals surface area contributed by atoms with Crippen LogP contribution in [0.5, 0.6) is 0 Å². The maximum absolute atomic E-state index is 6.06. The first-order valence-electron chi connectivity index (χ1n) is 5.75. The Morgan fingerprint density at radius 2 is 2.38 bits per heavy atom. The molecule has 3 atom stereocenters. The quantitative estimate of drug-likeness (QED) is 0.781. The van der Waals surface area contributed by atoms with E-state index < -0.39 is 0 Å². The van der Waals surface area contributed by atoms with E-state index in [0.717, 1.165) is 11.1 Å². The smallest absolute Gasteiger partial charge is 0.169 e. The van der Waals surface area contributed by atoms with Gasteiger partial charge in [0, 0.05) is 5.25 Å². The predicted molar refractivity (Wildman–Crippen MR) is 66.9 cm³/mol. The first-order chi connectivity index (χ1) is 7.72. The lowest BCUT2D eigenvalue weighted by atomic mass is 10.2. The number of hydrogen-bond donors (Lipinski definition) is 0. The van der Waals surface area contributed by atoms with Crippen LogP contribution in [0.25, 0.3) is 0 Å². The molecule has 1 saturated carbocycles. The van der Waals surface area contributed by atoms with Crippen LogP contribution in [-0.2, 0) is 0 Å². The van der Waals surface area contributed by atoms with Gasteiger partial charge < -0.3 is 0 Å². The Morgan fingerprint density at radius 1 is 1.56 bits per heavy atom. The lowest BCUT2D eigenvalue weighted by Crippen LogP contribution is -2.12. The number of alkyl halides is 1. The molecule has 1 fully saturated rings. The van der Waals surface area contributed by atoms with Crippen molar-refractivity contribution in [3.63, 3.8) is 0 Å². The van der Waals surface area contributed by atoms with Crippen LogP contribution in [-0.4, -0.2) is 31.2 Å². The van der Waals surface area contributed by atoms with Gasteiger partial charge in [0.05, 0.1) is 11.4 Å². The SMILES string of the molecule is CCSC1CCC(n2nnnc2C(C)Cl)C1. The molecule has 1 aliphatic rings. The van der Waals surface area contributed by atoms with Crippen molar-refractivity contribution >= 4 is 23.4 Å². The molecular weight excluding hydrogens is 244 g/mol. The standard InChI is InChI=1S/C10H17ClN4S/c1-3-16-9-5-4-8(6-9)15-10(7(2)11)12-13-14-15/h7-9H,3-6H2,1-2H3. The fourth-order valence-electron chi connectivity index (χ4n) is 2.25. The van der Waals surface area contributed by atoms with Gasteiger partial charge in [-0.15, -0.1) is 16.7 Å². The third-order valence-corrected chi connectivity index (χ3v) is 4.41. The van der Waals surface area contributed by atoms with E-state index in [9.17, 15) is 0 Å². The van der Waals surface area contributed by atoms with Crippen LogP contribution in [0.3, 0.4) is 0 Å². The summed E-state index contributed by atoms with van der Waals surface area (Å²) in [7, 11) is 0. The summed E-state index contributed by atoms with van der Waals surface area (Å²) in [5.74, 6) is 1.99. The first-order valence-corrected chi connectivity index (χ1v) is 7.24. The molecule has 0 radical (unpaired) electrons. The van der Waals surface area contributed by atoms with Crippen LogP contribution in [0, 0.1) is 0 Å². The molecule has 1 aromatic heterocycles. The van der Waals surface area contributed by atoms with Crippen molar-refractivity contribution in [3.8, 4) is 0 Å². The minimum Gasteiger partial charge on any atom is -0.225 e. The zero-order chi connectivity index (χ0) is 11.5. The molecule has 4 nitrogen and oxygen atoms in total. The summed E-state index contributed by atoms with van der Waals surface area (Å²) in [5.41, 5.74) is 0. The van der Waals surface area contributed by atoms with Crippen molar-refractivity contribution in [2.24, 2.45) is 0 Å². The zero-order valence-electron chi connectivity index (χ0n) is 9.64. The van der Waals surface area contributed by atoms with E-state index in [1.54, 1.807) is 0 Å². The Labute approximate surface area is 105 Å². The second-order valence-electron chi connectivity index (χ2n) is 4.14. The summed E-state index contributed by atoms with van der Waals surface area (Å²) in [5, 5.41) is 12.4. The van der Waals surface area contributed by atoms with E-state index >= 15 is 0 Å². The molecular formula is C10H17ClN4S. The van der Waals surface area contributed by atoms with E-state index in [1.807, 2.05) is 23.4 Å². The van der Waals surface area contributed by atoms with Gasteiger partial charge in [-0.05, 0) is 42.4 Å². The molecule has 90 valence electrons. The van der Waals surface area contributed by atoms with E-state index in [4.69, 9.17) is 11.6 Å². The van der Waals surface area contributed by atoms with Crippen molar-refractivity contribution in [3.05, 3.63) is 5.82 Å². The second kappa shape index (κ2) is 5.36. The molecule has 1 aliphatic carbocycles. The highest BCUT2D eigenvalue weighted by atomic mass is 35.5. The van der Waals surface area contributed by atoms with Gasteiger partial charge in [-0.3, -0.25) is 0 Å². The minimum absolute atomic E-state index is 0.118. The molecule has 0 bridgehead atoms. The molecule has 6 heteroatoms. The second-order valence-corrected chi connectivity index (χ2v) is 6.37. The summed E-state index contributed by atoms with van der Waals surface area (Å²) in [6.07, 6.45) is 3.60. The number of hydrogen-bond acceptors (Lipinski definition) is 4. The van der Waals surface area contributed by atoms with Gasteiger partial charge in [0.25, 0.3) is 0 Å². The highest BCUT2D eigenvalue weighted by Gasteiger charge is 2.29. The van der Waals surface area contributed by atoms with Gasteiger partial charge in [0.1, 0.15) is 0 Å². The molecule has 0 spiro atoms. The third-order valence-electron chi connectivity index (χ3n) is 2.98. The molecule has 1 aromatic rings. The summed E-state index contributed by atoms with van der Waals surface area (Å²) >= 11 is 8.10. The molecule has 2 rings (SSSR count). The topological polar surface area (TPSA) is 43.6 Å². The largest absolute Gasteiger partial charge is 0.225 e. The molecule has 1 heterocycles. The Hall–Kier alpha value is -0.290. The van der Waals surface area contributed by atoms with Crippen LogP contribution >= 0.6 is 23.4 Å². The minimum atomic E-state index is -0.118. The van der Waals surface area contributed by atoms with Gasteiger partial charge in [0.2, 0.25) is 0 Å². The van der Waals surface area contributed by atoms with E-state index in [2.05, 4.69) is 22.4 Å². The van der Waals surface area contributed by atoms with Crippen LogP contribution in [0.4, 0.5) is 0 Å². The average Bonchev–Trinajstić information content (AvgIpc) is 2.83. The molecule has 0 aromatic carbocycles. The summed E-state index contributed by atoms with van der Waals surface area (Å²) < 4.78 is 1.92. The van der Waals surface area contributed by atoms with Crippen molar-refractivity contribution in [1.82, 2.24) is 20.2 Å². The molecule has 3 unspecified atom stereocenters. The number of halogens is 1. The van der Waals surface area contributed by atoms with Gasteiger partial charge in [-0.25, -0.2) is 4.68 Å². The number of thioether (sulfide) groups is 1. The predicted octanol–water partition coefficient (Wildman–Crippen LogP) is 2.82. The zero-order valence-corrected chi connectivity index (χ0v) is 11.2. The Morgan fingerprint density at radius 3 is 3.06 bits per heavy atom. The fourth-order valence-corrected chi connectivity index (χ4v) is 3.53. The third kappa shape index (κ3) is 2.51. The van der Waals surface area contributed by atoms with Crippen LogP contribution in [0.2, 0.25) is 0 Å². The van der Waals surface area contributed by atoms with Gasteiger partial charge in [-0.2, -0.15) is 11.8 Å². The van der Waals surface area contributed by atoms with E-state index in [0.29, 0.717) is 6.04 Å². The Kier molecular flexibility index (Phi) is 4.08. The lowest BCUT2D eigenvalue weighted by molar-refractivity contribution is 0.438. The number of tetrazole rings is 1. The molecule has 0 aliphatic heterocycles. The highest BCUT2D eigenvalue weighted by molar-refractivity contribution is 7.99. The maximum atomic E-state index is 6.06. The van der Waals surface area contributed by atoms with Gasteiger partial charge in [-0.1, -0.05) is 6.92 Å². The van der Waals surface area contributed by atoms with Gasteiger partial charge >= 0.3 is 0 Å². The van der Waals surface area contributed by atoms with Crippen molar-refractivity contribution < 1.29 is 0 Å². The summed E-state index contributed by atoms with van der Waals surface area (Å²) in [4.78, 5) is 0. The monoisotopic (exact) mass is 260 g/mol. The highest BCUT2D eigenvalue weighted by Crippen LogP contribution is 2.37. The Balaban J connectivity index is 2.05. The fraction of sp³-hybridized carbons (Fsp3) is 0.900. The average molecular weight is 261 g/mol. The van der Waals surface area contributed by atoms with Crippen molar-refractivity contribution in [2.45, 2.75) is 49.8 Å². The molecule has 0 saturated heterocycles. The summed E-state index contributed by atoms with van der Waals surface area (Å²) in [6, 6.07) is 0.440. The normalized spacial score (nSPS) is 27.2. The van der Waals surface area contributed by atoms with Crippen molar-refractivity contribution in [1.29, 1.82) is 0 Å². The van der Waals surface area contributed by atoms with Crippen molar-refractivity contribution in [2.75, 3.05) is 5.75 Å². The first kappa shape index (κ1) is 12.2. The molecule has 16 heavy (non-hydrogen) atoms. The maximum Gasteiger partial charge on any atom is 0.169 e. The number of aromatic nitrogens is 4. The number of nitrogens with zero attached hydrogens (tertiary/aromatic N) is 4.